The number of aliphatic hydroxyl groups excluding tert-OH is 1. The molecule has 0 fully saturated rings. The third-order valence-electron chi connectivity index (χ3n) is 3.34. The van der Waals surface area contributed by atoms with E-state index in [2.05, 4.69) is 12.2 Å². The number of amides is 1. The van der Waals surface area contributed by atoms with Gasteiger partial charge in [-0.2, -0.15) is 0 Å². The molecule has 0 radical (unpaired) electrons. The van der Waals surface area contributed by atoms with Crippen molar-refractivity contribution in [3.05, 3.63) is 35.9 Å². The van der Waals surface area contributed by atoms with Crippen LogP contribution in [0.5, 0.6) is 0 Å². The van der Waals surface area contributed by atoms with Gasteiger partial charge in [0.2, 0.25) is 5.91 Å². The van der Waals surface area contributed by atoms with Gasteiger partial charge in [0.05, 0.1) is 0 Å². The third kappa shape index (κ3) is 5.85. The number of nitrogens with two attached hydrogens (primary N) is 1. The number of hydrogen-bond donors (Lipinski definition) is 3. The molecule has 2 atom stereocenters. The van der Waals surface area contributed by atoms with Crippen LogP contribution < -0.4 is 11.1 Å². The normalized spacial score (nSPS) is 13.8. The largest absolute Gasteiger partial charge is 0.396 e. The topological polar surface area (TPSA) is 75.3 Å². The summed E-state index contributed by atoms with van der Waals surface area (Å²) in [5.74, 6) is 0.301. The quantitative estimate of drug-likeness (QED) is 0.667. The van der Waals surface area contributed by atoms with Crippen molar-refractivity contribution in [3.63, 3.8) is 0 Å². The van der Waals surface area contributed by atoms with Crippen molar-refractivity contribution < 1.29 is 9.90 Å². The summed E-state index contributed by atoms with van der Waals surface area (Å²) in [4.78, 5) is 11.8. The van der Waals surface area contributed by atoms with Gasteiger partial charge in [-0.05, 0) is 17.9 Å². The first-order valence-corrected chi connectivity index (χ1v) is 6.85. The molecule has 1 rings (SSSR count). The summed E-state index contributed by atoms with van der Waals surface area (Å²) >= 11 is 0. The van der Waals surface area contributed by atoms with Crippen molar-refractivity contribution in [2.24, 2.45) is 11.7 Å². The average Bonchev–Trinajstić information content (AvgIpc) is 2.44. The number of carbonyl (C=O) groups excluding carboxylic acids is 1. The Morgan fingerprint density at radius 2 is 2.05 bits per heavy atom. The van der Waals surface area contributed by atoms with Gasteiger partial charge in [0, 0.05) is 25.6 Å². The van der Waals surface area contributed by atoms with Crippen LogP contribution in [-0.4, -0.2) is 24.2 Å². The Morgan fingerprint density at radius 1 is 1.37 bits per heavy atom. The Balaban J connectivity index is 2.35. The highest BCUT2D eigenvalue weighted by Gasteiger charge is 2.12. The first-order chi connectivity index (χ1) is 9.17. The summed E-state index contributed by atoms with van der Waals surface area (Å²) in [5.41, 5.74) is 6.96. The van der Waals surface area contributed by atoms with Gasteiger partial charge in [-0.3, -0.25) is 4.79 Å². The van der Waals surface area contributed by atoms with E-state index in [-0.39, 0.29) is 18.6 Å². The number of hydrogen-bond acceptors (Lipinski definition) is 3. The summed E-state index contributed by atoms with van der Waals surface area (Å²) in [5, 5.41) is 11.8. The number of nitrogens with one attached hydrogen (secondary N) is 1. The van der Waals surface area contributed by atoms with E-state index in [1.54, 1.807) is 0 Å². The molecule has 0 saturated carbocycles. The Labute approximate surface area is 115 Å². The van der Waals surface area contributed by atoms with E-state index >= 15 is 0 Å². The molecule has 106 valence electrons. The molecule has 1 amide bonds. The van der Waals surface area contributed by atoms with E-state index < -0.39 is 0 Å². The maximum absolute atomic E-state index is 11.8. The molecule has 0 saturated heterocycles. The smallest absolute Gasteiger partial charge is 0.221 e. The van der Waals surface area contributed by atoms with Crippen LogP contribution in [0.1, 0.15) is 37.8 Å². The van der Waals surface area contributed by atoms with Gasteiger partial charge in [0.1, 0.15) is 0 Å². The maximum Gasteiger partial charge on any atom is 0.221 e. The zero-order chi connectivity index (χ0) is 14.1. The molecule has 2 unspecified atom stereocenters. The van der Waals surface area contributed by atoms with Crippen LogP contribution in [-0.2, 0) is 4.79 Å². The summed E-state index contributed by atoms with van der Waals surface area (Å²) < 4.78 is 0. The predicted octanol–water partition coefficient (Wildman–Crippen LogP) is 1.60. The molecule has 1 aromatic carbocycles. The van der Waals surface area contributed by atoms with Gasteiger partial charge in [-0.15, -0.1) is 0 Å². The minimum absolute atomic E-state index is 0.0345. The first kappa shape index (κ1) is 15.7. The van der Waals surface area contributed by atoms with Crippen LogP contribution in [0.4, 0.5) is 0 Å². The Hall–Kier alpha value is -1.39. The third-order valence-corrected chi connectivity index (χ3v) is 3.34. The van der Waals surface area contributed by atoms with Crippen LogP contribution in [0.3, 0.4) is 0 Å². The molecular weight excluding hydrogens is 240 g/mol. The van der Waals surface area contributed by atoms with Gasteiger partial charge >= 0.3 is 0 Å². The molecule has 4 N–H and O–H groups in total. The first-order valence-electron chi connectivity index (χ1n) is 6.85. The van der Waals surface area contributed by atoms with E-state index in [9.17, 15) is 4.79 Å². The standard InChI is InChI=1S/C15H24N2O2/c1-2-12(8-9-18)11-17-15(19)10-14(16)13-6-4-3-5-7-13/h3-7,12,14,18H,2,8-11,16H2,1H3,(H,17,19). The van der Waals surface area contributed by atoms with Crippen molar-refractivity contribution in [1.29, 1.82) is 0 Å². The highest BCUT2D eigenvalue weighted by Crippen LogP contribution is 2.13. The molecular formula is C15H24N2O2. The highest BCUT2D eigenvalue weighted by molar-refractivity contribution is 5.76. The molecule has 1 aromatic rings. The summed E-state index contributed by atoms with van der Waals surface area (Å²) in [6.45, 7) is 2.83. The van der Waals surface area contributed by atoms with Gasteiger partial charge in [-0.25, -0.2) is 0 Å². The van der Waals surface area contributed by atoms with E-state index in [0.29, 0.717) is 18.9 Å². The molecule has 0 aromatic heterocycles. The van der Waals surface area contributed by atoms with Crippen molar-refractivity contribution >= 4 is 5.91 Å². The molecule has 0 aliphatic carbocycles. The van der Waals surface area contributed by atoms with Crippen molar-refractivity contribution in [1.82, 2.24) is 5.32 Å². The number of carbonyl (C=O) groups is 1. The second-order valence-corrected chi connectivity index (χ2v) is 4.81. The number of benzene rings is 1. The highest BCUT2D eigenvalue weighted by atomic mass is 16.3. The van der Waals surface area contributed by atoms with Crippen LogP contribution in [0, 0.1) is 5.92 Å². The number of aliphatic hydroxyl groups is 1. The fourth-order valence-corrected chi connectivity index (χ4v) is 1.98. The molecule has 4 heteroatoms. The molecule has 0 aliphatic rings. The molecule has 4 nitrogen and oxygen atoms in total. The second-order valence-electron chi connectivity index (χ2n) is 4.81. The molecule has 0 heterocycles. The minimum atomic E-state index is -0.265. The molecule has 0 spiro atoms. The minimum Gasteiger partial charge on any atom is -0.396 e. The fraction of sp³-hybridized carbons (Fsp3) is 0.533. The number of rotatable bonds is 8. The van der Waals surface area contributed by atoms with Crippen molar-refractivity contribution in [2.75, 3.05) is 13.2 Å². The lowest BCUT2D eigenvalue weighted by Crippen LogP contribution is -2.31. The molecule has 19 heavy (non-hydrogen) atoms. The van der Waals surface area contributed by atoms with E-state index in [0.717, 1.165) is 18.4 Å². The summed E-state index contributed by atoms with van der Waals surface area (Å²) in [7, 11) is 0. The Bertz CT molecular complexity index is 368. The van der Waals surface area contributed by atoms with Crippen LogP contribution >= 0.6 is 0 Å². The molecule has 0 bridgehead atoms. The predicted molar refractivity (Wildman–Crippen MR) is 76.5 cm³/mol. The summed E-state index contributed by atoms with van der Waals surface area (Å²) in [6.07, 6.45) is 1.96. The van der Waals surface area contributed by atoms with Crippen LogP contribution in [0.25, 0.3) is 0 Å². The van der Waals surface area contributed by atoms with Gasteiger partial charge in [0.25, 0.3) is 0 Å². The zero-order valence-corrected chi connectivity index (χ0v) is 11.5. The maximum atomic E-state index is 11.8. The average molecular weight is 264 g/mol. The summed E-state index contributed by atoms with van der Waals surface area (Å²) in [6, 6.07) is 9.36. The Morgan fingerprint density at radius 3 is 2.63 bits per heavy atom. The van der Waals surface area contributed by atoms with Gasteiger partial charge < -0.3 is 16.2 Å². The van der Waals surface area contributed by atoms with Crippen LogP contribution in [0.2, 0.25) is 0 Å². The van der Waals surface area contributed by atoms with Crippen molar-refractivity contribution in [2.45, 2.75) is 32.2 Å². The van der Waals surface area contributed by atoms with Gasteiger partial charge in [-0.1, -0.05) is 43.7 Å². The van der Waals surface area contributed by atoms with Crippen LogP contribution in [0.15, 0.2) is 30.3 Å². The van der Waals surface area contributed by atoms with E-state index in [4.69, 9.17) is 10.8 Å². The zero-order valence-electron chi connectivity index (χ0n) is 11.5. The SMILES string of the molecule is CCC(CCO)CNC(=O)CC(N)c1ccccc1. The lowest BCUT2D eigenvalue weighted by molar-refractivity contribution is -0.121. The van der Waals surface area contributed by atoms with E-state index in [1.807, 2.05) is 30.3 Å². The van der Waals surface area contributed by atoms with E-state index in [1.165, 1.54) is 0 Å². The Kier molecular flexibility index (Phi) is 7.15. The van der Waals surface area contributed by atoms with Crippen molar-refractivity contribution in [3.8, 4) is 0 Å². The van der Waals surface area contributed by atoms with Gasteiger partial charge in [0.15, 0.2) is 0 Å². The second kappa shape index (κ2) is 8.67. The fourth-order valence-electron chi connectivity index (χ4n) is 1.98. The monoisotopic (exact) mass is 264 g/mol. The lowest BCUT2D eigenvalue weighted by Gasteiger charge is -2.16. The molecule has 0 aliphatic heterocycles. The lowest BCUT2D eigenvalue weighted by atomic mass is 10.0.